The summed E-state index contributed by atoms with van der Waals surface area (Å²) in [5, 5.41) is 0. The molecule has 0 N–H and O–H groups in total. The van der Waals surface area contributed by atoms with Crippen LogP contribution in [-0.4, -0.2) is 23.9 Å². The topological polar surface area (TPSA) is 105 Å². The van der Waals surface area contributed by atoms with Gasteiger partial charge in [0.05, 0.1) is 11.8 Å². The predicted molar refractivity (Wildman–Crippen MR) is 123 cm³/mol. The Hall–Kier alpha value is -3.68. The minimum Gasteiger partial charge on any atom is -0.461 e. The van der Waals surface area contributed by atoms with Gasteiger partial charge in [0.1, 0.15) is 24.7 Å². The van der Waals surface area contributed by atoms with Crippen molar-refractivity contribution >= 4 is 23.9 Å². The van der Waals surface area contributed by atoms with Gasteiger partial charge in [-0.3, -0.25) is 19.2 Å². The second-order valence-corrected chi connectivity index (χ2v) is 8.24. The van der Waals surface area contributed by atoms with E-state index in [0.29, 0.717) is 37.2 Å². The first kappa shape index (κ1) is 25.0. The SMILES string of the molecule is CC(=O)OCc1ccc(OC(=O)C2CCC(C(=O)Oc3ccc(COC(C)=O)cc3)CC2)cc1.[HH]. The van der Waals surface area contributed by atoms with E-state index in [1.807, 2.05) is 0 Å². The second kappa shape index (κ2) is 12.0. The van der Waals surface area contributed by atoms with Gasteiger partial charge in [-0.25, -0.2) is 0 Å². The maximum Gasteiger partial charge on any atom is 0.314 e. The number of ether oxygens (including phenoxy) is 4. The van der Waals surface area contributed by atoms with Crippen LogP contribution in [0.2, 0.25) is 0 Å². The lowest BCUT2D eigenvalue weighted by molar-refractivity contribution is -0.145. The van der Waals surface area contributed by atoms with Crippen LogP contribution < -0.4 is 9.47 Å². The van der Waals surface area contributed by atoms with Crippen molar-refractivity contribution in [3.05, 3.63) is 59.7 Å². The highest BCUT2D eigenvalue weighted by atomic mass is 16.5. The Bertz CT molecular complexity index is 925. The van der Waals surface area contributed by atoms with Crippen LogP contribution in [-0.2, 0) is 41.9 Å². The van der Waals surface area contributed by atoms with E-state index in [4.69, 9.17) is 18.9 Å². The third-order valence-electron chi connectivity index (χ3n) is 5.56. The summed E-state index contributed by atoms with van der Waals surface area (Å²) in [6, 6.07) is 13.6. The monoisotopic (exact) mass is 470 g/mol. The van der Waals surface area contributed by atoms with E-state index in [1.165, 1.54) is 13.8 Å². The number of rotatable bonds is 8. The molecule has 0 radical (unpaired) electrons. The molecule has 8 nitrogen and oxygen atoms in total. The zero-order valence-electron chi connectivity index (χ0n) is 19.3. The lowest BCUT2D eigenvalue weighted by atomic mass is 9.82. The van der Waals surface area contributed by atoms with Gasteiger partial charge < -0.3 is 18.9 Å². The van der Waals surface area contributed by atoms with E-state index in [2.05, 4.69) is 0 Å². The van der Waals surface area contributed by atoms with E-state index in [1.54, 1.807) is 48.5 Å². The van der Waals surface area contributed by atoms with Crippen molar-refractivity contribution in [1.29, 1.82) is 0 Å². The fourth-order valence-corrected chi connectivity index (χ4v) is 3.64. The summed E-state index contributed by atoms with van der Waals surface area (Å²) >= 11 is 0. The van der Waals surface area contributed by atoms with Gasteiger partial charge in [-0.15, -0.1) is 0 Å². The zero-order valence-corrected chi connectivity index (χ0v) is 19.3. The molecule has 0 bridgehead atoms. The summed E-state index contributed by atoms with van der Waals surface area (Å²) in [6.45, 7) is 3.03. The quantitative estimate of drug-likeness (QED) is 0.414. The Balaban J connectivity index is 0.00000432. The van der Waals surface area contributed by atoms with E-state index >= 15 is 0 Å². The number of benzene rings is 2. The highest BCUT2D eigenvalue weighted by Crippen LogP contribution is 2.31. The molecular formula is C26H30O8. The van der Waals surface area contributed by atoms with Crippen LogP contribution in [0.15, 0.2) is 48.5 Å². The summed E-state index contributed by atoms with van der Waals surface area (Å²) in [7, 11) is 0. The van der Waals surface area contributed by atoms with Crippen molar-refractivity contribution in [2.24, 2.45) is 11.8 Å². The van der Waals surface area contributed by atoms with Crippen LogP contribution in [0.4, 0.5) is 0 Å². The Morgan fingerprint density at radius 2 is 0.971 bits per heavy atom. The van der Waals surface area contributed by atoms with Crippen molar-refractivity contribution in [1.82, 2.24) is 0 Å². The summed E-state index contributed by atoms with van der Waals surface area (Å²) < 4.78 is 20.8. The molecule has 1 aliphatic rings. The zero-order chi connectivity index (χ0) is 24.5. The molecule has 0 spiro atoms. The molecule has 1 saturated carbocycles. The first-order valence-corrected chi connectivity index (χ1v) is 11.2. The van der Waals surface area contributed by atoms with Crippen LogP contribution in [0.3, 0.4) is 0 Å². The molecule has 0 heterocycles. The Morgan fingerprint density at radius 1 is 0.647 bits per heavy atom. The van der Waals surface area contributed by atoms with Crippen LogP contribution in [0.5, 0.6) is 11.5 Å². The smallest absolute Gasteiger partial charge is 0.314 e. The summed E-state index contributed by atoms with van der Waals surface area (Å²) in [5.74, 6) is -1.04. The average Bonchev–Trinajstić information content (AvgIpc) is 2.83. The fraction of sp³-hybridized carbons (Fsp3) is 0.385. The largest absolute Gasteiger partial charge is 0.461 e. The molecule has 1 fully saturated rings. The molecule has 182 valence electrons. The van der Waals surface area contributed by atoms with Gasteiger partial charge >= 0.3 is 23.9 Å². The van der Waals surface area contributed by atoms with E-state index < -0.39 is 0 Å². The molecule has 0 aliphatic heterocycles. The molecule has 2 aromatic rings. The number of hydrogen-bond donors (Lipinski definition) is 0. The van der Waals surface area contributed by atoms with Crippen molar-refractivity contribution in [2.75, 3.05) is 0 Å². The van der Waals surface area contributed by atoms with Crippen molar-refractivity contribution < 1.29 is 39.6 Å². The number of esters is 4. The van der Waals surface area contributed by atoms with E-state index in [0.717, 1.165) is 11.1 Å². The fourth-order valence-electron chi connectivity index (χ4n) is 3.64. The first-order valence-electron chi connectivity index (χ1n) is 11.2. The third kappa shape index (κ3) is 7.72. The lowest BCUT2D eigenvalue weighted by Crippen LogP contribution is -2.30. The minimum absolute atomic E-state index is 0. The lowest BCUT2D eigenvalue weighted by Gasteiger charge is -2.25. The van der Waals surface area contributed by atoms with Gasteiger partial charge in [0.2, 0.25) is 0 Å². The molecule has 0 unspecified atom stereocenters. The standard InChI is InChI=1S/C26H28O8.H2/c1-17(27)31-15-19-3-11-23(12-4-19)33-25(29)21-7-9-22(10-8-21)26(30)34-24-13-5-20(6-14-24)16-32-18(2)28;/h3-6,11-14,21-22H,7-10,15-16H2,1-2H3;1H. The molecule has 1 aliphatic carbocycles. The average molecular weight is 471 g/mol. The van der Waals surface area contributed by atoms with E-state index in [-0.39, 0.29) is 50.4 Å². The Kier molecular flexibility index (Phi) is 8.79. The molecule has 34 heavy (non-hydrogen) atoms. The van der Waals surface area contributed by atoms with Crippen LogP contribution in [0.1, 0.15) is 52.1 Å². The Morgan fingerprint density at radius 3 is 1.26 bits per heavy atom. The number of carbonyl (C=O) groups excluding carboxylic acids is 4. The normalized spacial score (nSPS) is 17.4. The minimum atomic E-state index is -0.357. The predicted octanol–water partition coefficient (Wildman–Crippen LogP) is 4.38. The molecule has 0 atom stereocenters. The third-order valence-corrected chi connectivity index (χ3v) is 5.56. The summed E-state index contributed by atoms with van der Waals surface area (Å²) in [5.41, 5.74) is 1.60. The summed E-state index contributed by atoms with van der Waals surface area (Å²) in [6.07, 6.45) is 2.18. The molecular weight excluding hydrogens is 440 g/mol. The van der Waals surface area contributed by atoms with Crippen LogP contribution in [0, 0.1) is 11.8 Å². The van der Waals surface area contributed by atoms with Crippen LogP contribution >= 0.6 is 0 Å². The van der Waals surface area contributed by atoms with Gasteiger partial charge in [-0.05, 0) is 61.1 Å². The highest BCUT2D eigenvalue weighted by Gasteiger charge is 2.32. The van der Waals surface area contributed by atoms with Gasteiger partial charge in [-0.1, -0.05) is 24.3 Å². The number of carbonyl (C=O) groups is 4. The van der Waals surface area contributed by atoms with Crippen molar-refractivity contribution in [2.45, 2.75) is 52.7 Å². The van der Waals surface area contributed by atoms with Gasteiger partial charge in [-0.2, -0.15) is 0 Å². The molecule has 0 aromatic heterocycles. The van der Waals surface area contributed by atoms with Gasteiger partial charge in [0.25, 0.3) is 0 Å². The molecule has 0 saturated heterocycles. The maximum atomic E-state index is 12.5. The molecule has 2 aromatic carbocycles. The molecule has 0 amide bonds. The van der Waals surface area contributed by atoms with Gasteiger partial charge in [0.15, 0.2) is 0 Å². The Labute approximate surface area is 199 Å². The van der Waals surface area contributed by atoms with Crippen molar-refractivity contribution in [3.8, 4) is 11.5 Å². The van der Waals surface area contributed by atoms with E-state index in [9.17, 15) is 19.2 Å². The number of hydrogen-bond acceptors (Lipinski definition) is 8. The maximum absolute atomic E-state index is 12.5. The highest BCUT2D eigenvalue weighted by molar-refractivity contribution is 5.77. The summed E-state index contributed by atoms with van der Waals surface area (Å²) in [4.78, 5) is 46.8. The first-order chi connectivity index (χ1) is 16.3. The van der Waals surface area contributed by atoms with Crippen LogP contribution in [0.25, 0.3) is 0 Å². The molecule has 8 heteroatoms. The second-order valence-electron chi connectivity index (χ2n) is 8.24. The van der Waals surface area contributed by atoms with Crippen molar-refractivity contribution in [3.63, 3.8) is 0 Å². The molecule has 3 rings (SSSR count). The van der Waals surface area contributed by atoms with Gasteiger partial charge in [0, 0.05) is 15.3 Å².